The number of methoxy groups -OCH3 is 1. The Morgan fingerprint density at radius 3 is 2.52 bits per heavy atom. The van der Waals surface area contributed by atoms with E-state index in [-0.39, 0.29) is 5.56 Å². The van der Waals surface area contributed by atoms with Crippen LogP contribution in [0.1, 0.15) is 15.9 Å². The molecule has 0 aliphatic carbocycles. The summed E-state index contributed by atoms with van der Waals surface area (Å²) < 4.78 is 18.8. The monoisotopic (exact) mass is 288 g/mol. The molecule has 2 aromatic carbocycles. The van der Waals surface area contributed by atoms with Crippen molar-refractivity contribution < 1.29 is 13.9 Å². The number of hydrogen-bond acceptors (Lipinski definition) is 3. The number of carbonyl (C=O) groups excluding carboxylic acids is 1. The fraction of sp³-hybridized carbons (Fsp3) is 0.188. The molecular weight excluding hydrogens is 271 g/mol. The number of rotatable bonds is 4. The Morgan fingerprint density at radius 2 is 1.90 bits per heavy atom. The van der Waals surface area contributed by atoms with Gasteiger partial charge in [0.15, 0.2) is 0 Å². The molecule has 5 heteroatoms. The number of nitrogens with two attached hydrogens (primary N) is 1. The van der Waals surface area contributed by atoms with Gasteiger partial charge >= 0.3 is 0 Å². The van der Waals surface area contributed by atoms with Crippen molar-refractivity contribution in [3.63, 3.8) is 0 Å². The average Bonchev–Trinajstić information content (AvgIpc) is 2.49. The molecular formula is C16H17FN2O2. The number of nitrogen functional groups attached to an aromatic ring is 1. The van der Waals surface area contributed by atoms with Crippen molar-refractivity contribution in [1.29, 1.82) is 0 Å². The number of nitrogens with zero attached hydrogens (tertiary/aromatic N) is 1. The number of carbonyl (C=O) groups is 1. The van der Waals surface area contributed by atoms with Crippen LogP contribution in [-0.4, -0.2) is 25.0 Å². The maximum absolute atomic E-state index is 13.7. The summed E-state index contributed by atoms with van der Waals surface area (Å²) in [6.45, 7) is 0.372. The lowest BCUT2D eigenvalue weighted by molar-refractivity contribution is 0.0780. The first-order chi connectivity index (χ1) is 10.0. The van der Waals surface area contributed by atoms with E-state index in [4.69, 9.17) is 10.5 Å². The van der Waals surface area contributed by atoms with Gasteiger partial charge in [-0.1, -0.05) is 12.1 Å². The molecule has 0 aromatic heterocycles. The second-order valence-electron chi connectivity index (χ2n) is 4.75. The molecule has 1 amide bonds. The third kappa shape index (κ3) is 3.51. The largest absolute Gasteiger partial charge is 0.497 e. The normalized spacial score (nSPS) is 10.2. The van der Waals surface area contributed by atoms with Gasteiger partial charge in [0.05, 0.1) is 12.7 Å². The predicted octanol–water partition coefficient (Wildman–Crippen LogP) is 2.69. The Labute approximate surface area is 122 Å². The molecule has 2 N–H and O–H groups in total. The van der Waals surface area contributed by atoms with Crippen molar-refractivity contribution in [3.05, 3.63) is 59.4 Å². The van der Waals surface area contributed by atoms with Gasteiger partial charge in [0.2, 0.25) is 0 Å². The molecule has 2 aromatic rings. The van der Waals surface area contributed by atoms with Crippen LogP contribution in [0.3, 0.4) is 0 Å². The zero-order valence-electron chi connectivity index (χ0n) is 12.0. The zero-order valence-corrected chi connectivity index (χ0v) is 12.0. The molecule has 0 saturated carbocycles. The zero-order chi connectivity index (χ0) is 15.4. The minimum absolute atomic E-state index is 0.0222. The Morgan fingerprint density at radius 1 is 1.24 bits per heavy atom. The van der Waals surface area contributed by atoms with E-state index in [1.807, 2.05) is 24.3 Å². The summed E-state index contributed by atoms with van der Waals surface area (Å²) >= 11 is 0. The van der Waals surface area contributed by atoms with Gasteiger partial charge in [-0.25, -0.2) is 4.39 Å². The third-order valence-corrected chi connectivity index (χ3v) is 3.15. The van der Waals surface area contributed by atoms with Gasteiger partial charge in [-0.2, -0.15) is 0 Å². The van der Waals surface area contributed by atoms with Gasteiger partial charge in [-0.05, 0) is 35.9 Å². The number of ether oxygens (including phenoxy) is 1. The molecule has 0 aliphatic rings. The van der Waals surface area contributed by atoms with Gasteiger partial charge < -0.3 is 15.4 Å². The summed E-state index contributed by atoms with van der Waals surface area (Å²) in [4.78, 5) is 13.7. The lowest BCUT2D eigenvalue weighted by Crippen LogP contribution is -2.27. The SMILES string of the molecule is COc1ccc(CN(C)C(=O)c2cc(N)ccc2F)cc1. The molecule has 0 saturated heterocycles. The Balaban J connectivity index is 2.13. The summed E-state index contributed by atoms with van der Waals surface area (Å²) in [7, 11) is 3.21. The number of hydrogen-bond donors (Lipinski definition) is 1. The molecule has 4 nitrogen and oxygen atoms in total. The molecule has 0 radical (unpaired) electrons. The van der Waals surface area contributed by atoms with Gasteiger partial charge in [-0.15, -0.1) is 0 Å². The van der Waals surface area contributed by atoms with E-state index in [1.165, 1.54) is 23.1 Å². The summed E-state index contributed by atoms with van der Waals surface area (Å²) in [5.74, 6) is -0.235. The van der Waals surface area contributed by atoms with Crippen LogP contribution in [0.15, 0.2) is 42.5 Å². The number of benzene rings is 2. The first-order valence-electron chi connectivity index (χ1n) is 6.44. The summed E-state index contributed by atoms with van der Waals surface area (Å²) in [6, 6.07) is 11.3. The molecule has 0 unspecified atom stereocenters. The highest BCUT2D eigenvalue weighted by atomic mass is 19.1. The molecule has 0 bridgehead atoms. The molecule has 110 valence electrons. The van der Waals surface area contributed by atoms with Gasteiger partial charge in [-0.3, -0.25) is 4.79 Å². The van der Waals surface area contributed by atoms with Crippen molar-refractivity contribution in [1.82, 2.24) is 4.90 Å². The van der Waals surface area contributed by atoms with Crippen LogP contribution < -0.4 is 10.5 Å². The summed E-state index contributed by atoms with van der Waals surface area (Å²) in [5, 5.41) is 0. The quantitative estimate of drug-likeness (QED) is 0.880. The van der Waals surface area contributed by atoms with Crippen LogP contribution in [0.25, 0.3) is 0 Å². The van der Waals surface area contributed by atoms with E-state index in [9.17, 15) is 9.18 Å². The van der Waals surface area contributed by atoms with E-state index in [0.717, 1.165) is 11.3 Å². The first-order valence-corrected chi connectivity index (χ1v) is 6.44. The maximum Gasteiger partial charge on any atom is 0.256 e. The minimum atomic E-state index is -0.573. The van der Waals surface area contributed by atoms with Crippen LogP contribution in [-0.2, 0) is 6.54 Å². The van der Waals surface area contributed by atoms with Crippen molar-refractivity contribution in [2.45, 2.75) is 6.54 Å². The van der Waals surface area contributed by atoms with Gasteiger partial charge in [0.1, 0.15) is 11.6 Å². The van der Waals surface area contributed by atoms with Crippen molar-refractivity contribution in [3.8, 4) is 5.75 Å². The van der Waals surface area contributed by atoms with Crippen LogP contribution >= 0.6 is 0 Å². The highest BCUT2D eigenvalue weighted by Gasteiger charge is 2.16. The van der Waals surface area contributed by atoms with E-state index in [1.54, 1.807) is 14.2 Å². The smallest absolute Gasteiger partial charge is 0.256 e. The highest BCUT2D eigenvalue weighted by molar-refractivity contribution is 5.95. The lowest BCUT2D eigenvalue weighted by Gasteiger charge is -2.18. The van der Waals surface area contributed by atoms with E-state index >= 15 is 0 Å². The second kappa shape index (κ2) is 6.26. The van der Waals surface area contributed by atoms with Gasteiger partial charge in [0, 0.05) is 19.3 Å². The van der Waals surface area contributed by atoms with Crippen molar-refractivity contribution in [2.24, 2.45) is 0 Å². The number of amides is 1. The van der Waals surface area contributed by atoms with E-state index < -0.39 is 11.7 Å². The third-order valence-electron chi connectivity index (χ3n) is 3.15. The molecule has 21 heavy (non-hydrogen) atoms. The minimum Gasteiger partial charge on any atom is -0.497 e. The van der Waals surface area contributed by atoms with Crippen LogP contribution in [0.4, 0.5) is 10.1 Å². The fourth-order valence-electron chi connectivity index (χ4n) is 1.99. The fourth-order valence-corrected chi connectivity index (χ4v) is 1.99. The standard InChI is InChI=1S/C16H17FN2O2/c1-19(10-11-3-6-13(21-2)7-4-11)16(20)14-9-12(18)5-8-15(14)17/h3-9H,10,18H2,1-2H3. The Hall–Kier alpha value is -2.56. The average molecular weight is 288 g/mol. The molecule has 0 atom stereocenters. The second-order valence-corrected chi connectivity index (χ2v) is 4.75. The molecule has 0 heterocycles. The molecule has 2 rings (SSSR count). The molecule has 0 aliphatic heterocycles. The summed E-state index contributed by atoms with van der Waals surface area (Å²) in [5.41, 5.74) is 6.86. The van der Waals surface area contributed by atoms with Crippen LogP contribution in [0, 0.1) is 5.82 Å². The Kier molecular flexibility index (Phi) is 4.42. The first kappa shape index (κ1) is 14.8. The van der Waals surface area contributed by atoms with Crippen LogP contribution in [0.2, 0.25) is 0 Å². The summed E-state index contributed by atoms with van der Waals surface area (Å²) in [6.07, 6.45) is 0. The maximum atomic E-state index is 13.7. The topological polar surface area (TPSA) is 55.6 Å². The number of halogens is 1. The molecule has 0 spiro atoms. The molecule has 0 fully saturated rings. The lowest BCUT2D eigenvalue weighted by atomic mass is 10.1. The predicted molar refractivity (Wildman–Crippen MR) is 79.6 cm³/mol. The Bertz CT molecular complexity index is 641. The van der Waals surface area contributed by atoms with E-state index in [2.05, 4.69) is 0 Å². The highest BCUT2D eigenvalue weighted by Crippen LogP contribution is 2.17. The van der Waals surface area contributed by atoms with E-state index in [0.29, 0.717) is 12.2 Å². The van der Waals surface area contributed by atoms with Crippen molar-refractivity contribution in [2.75, 3.05) is 19.9 Å². The van der Waals surface area contributed by atoms with Gasteiger partial charge in [0.25, 0.3) is 5.91 Å². The van der Waals surface area contributed by atoms with Crippen molar-refractivity contribution >= 4 is 11.6 Å². The number of anilines is 1. The van der Waals surface area contributed by atoms with Crippen LogP contribution in [0.5, 0.6) is 5.75 Å².